The number of rotatable bonds is 3. The first-order valence-electron chi connectivity index (χ1n) is 8.54. The molecule has 1 aliphatic heterocycles. The number of hydrogen-bond acceptors (Lipinski definition) is 4. The lowest BCUT2D eigenvalue weighted by molar-refractivity contribution is -0.110. The van der Waals surface area contributed by atoms with Gasteiger partial charge in [-0.3, -0.25) is 4.79 Å². The van der Waals surface area contributed by atoms with Crippen LogP contribution < -0.4 is 5.19 Å². The topological polar surface area (TPSA) is 49.7 Å². The Kier molecular flexibility index (Phi) is 3.85. The van der Waals surface area contributed by atoms with Crippen LogP contribution in [-0.4, -0.2) is 24.7 Å². The number of phenolic OH excluding ortho intramolecular Hbond substituents is 1. The van der Waals surface area contributed by atoms with Gasteiger partial charge in [0, 0.05) is 10.4 Å². The number of nitrogens with zero attached hydrogens (tertiary/aromatic N) is 1. The van der Waals surface area contributed by atoms with Gasteiger partial charge in [0.15, 0.2) is 5.78 Å². The van der Waals surface area contributed by atoms with Crippen molar-refractivity contribution in [3.8, 4) is 16.2 Å². The summed E-state index contributed by atoms with van der Waals surface area (Å²) in [6.45, 7) is 4.41. The summed E-state index contributed by atoms with van der Waals surface area (Å²) in [5.41, 5.74) is 2.78. The Bertz CT molecular complexity index is 950. The molecule has 0 bridgehead atoms. The van der Waals surface area contributed by atoms with E-state index in [9.17, 15) is 9.90 Å². The molecule has 1 aliphatic carbocycles. The van der Waals surface area contributed by atoms with Crippen molar-refractivity contribution < 1.29 is 9.90 Å². The van der Waals surface area contributed by atoms with Gasteiger partial charge in [0.05, 0.1) is 11.4 Å². The third-order valence-corrected chi connectivity index (χ3v) is 11.5. The number of allylic oxidation sites excluding steroid dienone is 4. The number of ketones is 1. The monoisotopic (exact) mass is 365 g/mol. The molecule has 1 aromatic heterocycles. The van der Waals surface area contributed by atoms with E-state index in [1.54, 1.807) is 29.6 Å². The number of thiophene rings is 1. The zero-order chi connectivity index (χ0) is 17.6. The normalized spacial score (nSPS) is 17.6. The molecule has 25 heavy (non-hydrogen) atoms. The summed E-state index contributed by atoms with van der Waals surface area (Å²) in [5.74, 6) is 0.339. The predicted molar refractivity (Wildman–Crippen MR) is 107 cm³/mol. The largest absolute Gasteiger partial charge is 0.507 e. The molecule has 2 aromatic rings. The summed E-state index contributed by atoms with van der Waals surface area (Å²) in [5, 5.41) is 15.0. The Morgan fingerprint density at radius 2 is 1.96 bits per heavy atom. The van der Waals surface area contributed by atoms with Crippen molar-refractivity contribution in [3.05, 3.63) is 53.1 Å². The zero-order valence-corrected chi connectivity index (χ0v) is 16.1. The molecule has 5 heteroatoms. The quantitative estimate of drug-likeness (QED) is 0.643. The zero-order valence-electron chi connectivity index (χ0n) is 14.2. The van der Waals surface area contributed by atoms with Crippen LogP contribution in [0.15, 0.2) is 58.1 Å². The Labute approximate surface area is 152 Å². The molecule has 0 spiro atoms. The molecule has 0 radical (unpaired) electrons. The summed E-state index contributed by atoms with van der Waals surface area (Å²) in [6, 6.07) is 9.67. The van der Waals surface area contributed by atoms with E-state index in [4.69, 9.17) is 4.99 Å². The second-order valence-corrected chi connectivity index (χ2v) is 12.0. The van der Waals surface area contributed by atoms with Gasteiger partial charge < -0.3 is 5.11 Å². The van der Waals surface area contributed by atoms with Crippen molar-refractivity contribution in [2.45, 2.75) is 25.9 Å². The van der Waals surface area contributed by atoms with Gasteiger partial charge in [-0.25, -0.2) is 4.99 Å². The van der Waals surface area contributed by atoms with E-state index in [1.807, 2.05) is 29.7 Å². The van der Waals surface area contributed by atoms with E-state index in [2.05, 4.69) is 13.8 Å². The molecule has 0 saturated carbocycles. The number of benzene rings is 1. The summed E-state index contributed by atoms with van der Waals surface area (Å²) in [7, 11) is -2.18. The molecule has 1 N–H and O–H groups in total. The Hall–Kier alpha value is -2.24. The molecule has 0 unspecified atom stereocenters. The number of aliphatic imine (C=N–C) groups is 1. The van der Waals surface area contributed by atoms with Gasteiger partial charge in [0.2, 0.25) is 0 Å². The molecule has 3 nitrogen and oxygen atoms in total. The summed E-state index contributed by atoms with van der Waals surface area (Å²) < 4.78 is 0. The average molecular weight is 366 g/mol. The SMILES string of the molecule is CC[Si]1(CC)C2=CC(=O)C=CC2=Nc2ccc(O)c(-c3cccs3)c21. The molecule has 126 valence electrons. The molecule has 0 atom stereocenters. The minimum absolute atomic E-state index is 0.0361. The molecule has 1 aromatic carbocycles. The van der Waals surface area contributed by atoms with Crippen molar-refractivity contribution >= 4 is 41.8 Å². The van der Waals surface area contributed by atoms with Gasteiger partial charge in [0.25, 0.3) is 0 Å². The average Bonchev–Trinajstić information content (AvgIpc) is 3.15. The number of carbonyl (C=O) groups excluding carboxylic acids is 1. The van der Waals surface area contributed by atoms with Gasteiger partial charge in [-0.05, 0) is 52.2 Å². The fourth-order valence-electron chi connectivity index (χ4n) is 4.07. The fraction of sp³-hybridized carbons (Fsp3) is 0.200. The van der Waals surface area contributed by atoms with Gasteiger partial charge in [-0.1, -0.05) is 32.0 Å². The number of carbonyl (C=O) groups is 1. The second kappa shape index (κ2) is 5.93. The first kappa shape index (κ1) is 16.2. The maximum Gasteiger partial charge on any atom is 0.178 e. The molecule has 4 rings (SSSR count). The maximum atomic E-state index is 12.1. The number of hydrogen-bond donors (Lipinski definition) is 1. The summed E-state index contributed by atoms with van der Waals surface area (Å²) >= 11 is 1.63. The number of phenols is 1. The van der Waals surface area contributed by atoms with Crippen molar-refractivity contribution in [3.63, 3.8) is 0 Å². The van der Waals surface area contributed by atoms with Crippen LogP contribution in [0.3, 0.4) is 0 Å². The molecule has 2 heterocycles. The highest BCUT2D eigenvalue weighted by molar-refractivity contribution is 7.14. The van der Waals surface area contributed by atoms with Crippen LogP contribution in [0.1, 0.15) is 13.8 Å². The summed E-state index contributed by atoms with van der Waals surface area (Å²) in [6.07, 6.45) is 5.23. The van der Waals surface area contributed by atoms with Crippen molar-refractivity contribution in [1.82, 2.24) is 0 Å². The molecular weight excluding hydrogens is 346 g/mol. The van der Waals surface area contributed by atoms with Crippen LogP contribution in [0.25, 0.3) is 10.4 Å². The van der Waals surface area contributed by atoms with E-state index >= 15 is 0 Å². The first-order chi connectivity index (χ1) is 12.1. The third-order valence-electron chi connectivity index (χ3n) is 5.34. The van der Waals surface area contributed by atoms with Crippen LogP contribution in [-0.2, 0) is 4.79 Å². The van der Waals surface area contributed by atoms with Crippen LogP contribution in [0.5, 0.6) is 5.75 Å². The Morgan fingerprint density at radius 3 is 2.64 bits per heavy atom. The highest BCUT2D eigenvalue weighted by Crippen LogP contribution is 2.42. The van der Waals surface area contributed by atoms with E-state index < -0.39 is 8.07 Å². The Balaban J connectivity index is 2.12. The van der Waals surface area contributed by atoms with Gasteiger partial charge in [0.1, 0.15) is 13.8 Å². The van der Waals surface area contributed by atoms with Gasteiger partial charge >= 0.3 is 0 Å². The lowest BCUT2D eigenvalue weighted by atomic mass is 10.1. The van der Waals surface area contributed by atoms with Crippen LogP contribution in [0, 0.1) is 0 Å². The highest BCUT2D eigenvalue weighted by atomic mass is 32.1. The maximum absolute atomic E-state index is 12.1. The second-order valence-electron chi connectivity index (χ2n) is 6.41. The van der Waals surface area contributed by atoms with Crippen LogP contribution in [0.4, 0.5) is 5.69 Å². The van der Waals surface area contributed by atoms with Crippen molar-refractivity contribution in [1.29, 1.82) is 0 Å². The van der Waals surface area contributed by atoms with E-state index in [0.29, 0.717) is 5.75 Å². The minimum Gasteiger partial charge on any atom is -0.507 e. The molecule has 0 saturated heterocycles. The van der Waals surface area contributed by atoms with Gasteiger partial charge in [-0.15, -0.1) is 11.3 Å². The first-order valence-corrected chi connectivity index (χ1v) is 11.8. The lowest BCUT2D eigenvalue weighted by Gasteiger charge is -2.39. The predicted octanol–water partition coefficient (Wildman–Crippen LogP) is 4.51. The van der Waals surface area contributed by atoms with Crippen LogP contribution in [0.2, 0.25) is 12.1 Å². The fourth-order valence-corrected chi connectivity index (χ4v) is 9.61. The third kappa shape index (κ3) is 2.30. The highest BCUT2D eigenvalue weighted by Gasteiger charge is 2.45. The molecular formula is C20H19NO2SSi. The molecule has 0 amide bonds. The van der Waals surface area contributed by atoms with Gasteiger partial charge in [-0.2, -0.15) is 0 Å². The lowest BCUT2D eigenvalue weighted by Crippen LogP contribution is -2.54. The van der Waals surface area contributed by atoms with E-state index in [-0.39, 0.29) is 5.78 Å². The van der Waals surface area contributed by atoms with Crippen molar-refractivity contribution in [2.24, 2.45) is 4.99 Å². The number of aromatic hydroxyl groups is 1. The van der Waals surface area contributed by atoms with E-state index in [1.165, 1.54) is 5.19 Å². The number of fused-ring (bicyclic) bond motifs is 2. The molecule has 2 aliphatic rings. The Morgan fingerprint density at radius 1 is 1.16 bits per heavy atom. The van der Waals surface area contributed by atoms with Crippen LogP contribution >= 0.6 is 11.3 Å². The standard InChI is InChI=1S/C20H19NO2SSi/c1-3-25(4-2)18-12-13(22)7-8-14(18)21-15-9-10-16(23)19(20(15)25)17-6-5-11-24-17/h5-12,23H,3-4H2,1-2H3. The van der Waals surface area contributed by atoms with Crippen molar-refractivity contribution in [2.75, 3.05) is 0 Å². The molecule has 0 fully saturated rings. The smallest absolute Gasteiger partial charge is 0.178 e. The minimum atomic E-state index is -2.18. The summed E-state index contributed by atoms with van der Waals surface area (Å²) in [4.78, 5) is 18.0. The van der Waals surface area contributed by atoms with E-state index in [0.717, 1.165) is 39.1 Å².